The number of piperidine rings is 1. The predicted octanol–water partition coefficient (Wildman–Crippen LogP) is 0.675. The van der Waals surface area contributed by atoms with Crippen molar-refractivity contribution in [3.05, 3.63) is 35.9 Å². The van der Waals surface area contributed by atoms with Crippen molar-refractivity contribution in [1.82, 2.24) is 16.0 Å². The third-order valence-corrected chi connectivity index (χ3v) is 3.59. The maximum atomic E-state index is 11.9. The van der Waals surface area contributed by atoms with Gasteiger partial charge in [0.15, 0.2) is 0 Å². The Labute approximate surface area is 119 Å². The largest absolute Gasteiger partial charge is 0.349 e. The van der Waals surface area contributed by atoms with E-state index in [1.54, 1.807) is 24.3 Å². The molecule has 2 amide bonds. The lowest BCUT2D eigenvalue weighted by atomic mass is 9.90. The number of hydrogen-bond acceptors (Lipinski definition) is 3. The number of amides is 2. The van der Waals surface area contributed by atoms with Gasteiger partial charge >= 0.3 is 0 Å². The summed E-state index contributed by atoms with van der Waals surface area (Å²) in [4.78, 5) is 23.7. The topological polar surface area (TPSA) is 70.2 Å². The van der Waals surface area contributed by atoms with E-state index in [1.807, 2.05) is 13.0 Å². The fraction of sp³-hybridized carbons (Fsp3) is 0.467. The molecule has 0 radical (unpaired) electrons. The Balaban J connectivity index is 1.79. The van der Waals surface area contributed by atoms with Gasteiger partial charge < -0.3 is 16.0 Å². The second-order valence-electron chi connectivity index (χ2n) is 5.41. The number of benzene rings is 1. The van der Waals surface area contributed by atoms with Crippen LogP contribution in [0.5, 0.6) is 0 Å². The molecule has 0 bridgehead atoms. The van der Waals surface area contributed by atoms with Crippen LogP contribution < -0.4 is 16.0 Å². The molecule has 0 aromatic heterocycles. The van der Waals surface area contributed by atoms with Gasteiger partial charge in [-0.3, -0.25) is 9.59 Å². The summed E-state index contributed by atoms with van der Waals surface area (Å²) in [5.74, 6) is -0.366. The molecule has 1 saturated heterocycles. The molecule has 5 nitrogen and oxygen atoms in total. The van der Waals surface area contributed by atoms with Crippen LogP contribution in [0.1, 0.15) is 30.1 Å². The predicted molar refractivity (Wildman–Crippen MR) is 77.4 cm³/mol. The molecule has 0 atom stereocenters. The Bertz CT molecular complexity index is 467. The second kappa shape index (κ2) is 6.52. The molecule has 0 unspecified atom stereocenters. The second-order valence-corrected chi connectivity index (χ2v) is 5.41. The molecule has 5 heteroatoms. The molecule has 0 saturated carbocycles. The summed E-state index contributed by atoms with van der Waals surface area (Å²) >= 11 is 0. The Morgan fingerprint density at radius 1 is 1.20 bits per heavy atom. The number of hydrogen-bond donors (Lipinski definition) is 3. The molecule has 108 valence electrons. The van der Waals surface area contributed by atoms with Crippen LogP contribution in [-0.2, 0) is 4.79 Å². The highest BCUT2D eigenvalue weighted by molar-refractivity contribution is 5.96. The van der Waals surface area contributed by atoms with Gasteiger partial charge in [0.05, 0.1) is 6.54 Å². The van der Waals surface area contributed by atoms with E-state index in [-0.39, 0.29) is 23.9 Å². The fourth-order valence-electron chi connectivity index (χ4n) is 2.34. The van der Waals surface area contributed by atoms with E-state index >= 15 is 0 Å². The molecule has 1 heterocycles. The zero-order valence-corrected chi connectivity index (χ0v) is 11.7. The van der Waals surface area contributed by atoms with E-state index < -0.39 is 0 Å². The monoisotopic (exact) mass is 275 g/mol. The third kappa shape index (κ3) is 4.06. The average molecular weight is 275 g/mol. The smallest absolute Gasteiger partial charge is 0.251 e. The van der Waals surface area contributed by atoms with Crippen molar-refractivity contribution in [2.75, 3.05) is 19.6 Å². The highest BCUT2D eigenvalue weighted by Gasteiger charge is 2.28. The minimum absolute atomic E-state index is 0.0107. The van der Waals surface area contributed by atoms with Gasteiger partial charge in [-0.15, -0.1) is 0 Å². The van der Waals surface area contributed by atoms with E-state index in [0.717, 1.165) is 25.9 Å². The lowest BCUT2D eigenvalue weighted by molar-refractivity contribution is -0.122. The summed E-state index contributed by atoms with van der Waals surface area (Å²) in [5, 5.41) is 8.91. The maximum absolute atomic E-state index is 11.9. The number of rotatable bonds is 4. The molecule has 1 fully saturated rings. The average Bonchev–Trinajstić information content (AvgIpc) is 2.46. The summed E-state index contributed by atoms with van der Waals surface area (Å²) in [6.07, 6.45) is 1.82. The Morgan fingerprint density at radius 3 is 2.50 bits per heavy atom. The van der Waals surface area contributed by atoms with Gasteiger partial charge in [-0.25, -0.2) is 0 Å². The van der Waals surface area contributed by atoms with Crippen molar-refractivity contribution >= 4 is 11.8 Å². The number of carbonyl (C=O) groups is 2. The van der Waals surface area contributed by atoms with Gasteiger partial charge in [0.2, 0.25) is 5.91 Å². The Kier molecular flexibility index (Phi) is 4.74. The van der Waals surface area contributed by atoms with E-state index in [1.165, 1.54) is 0 Å². The molecule has 1 aromatic rings. The Morgan fingerprint density at radius 2 is 1.85 bits per heavy atom. The van der Waals surface area contributed by atoms with Crippen molar-refractivity contribution in [3.63, 3.8) is 0 Å². The van der Waals surface area contributed by atoms with Crippen LogP contribution in [0.25, 0.3) is 0 Å². The van der Waals surface area contributed by atoms with Gasteiger partial charge in [0.25, 0.3) is 5.91 Å². The fourth-order valence-corrected chi connectivity index (χ4v) is 2.34. The molecule has 1 aromatic carbocycles. The van der Waals surface area contributed by atoms with Gasteiger partial charge in [0.1, 0.15) is 0 Å². The van der Waals surface area contributed by atoms with Crippen molar-refractivity contribution in [2.45, 2.75) is 25.3 Å². The van der Waals surface area contributed by atoms with E-state index in [0.29, 0.717) is 5.56 Å². The van der Waals surface area contributed by atoms with Crippen LogP contribution in [0.4, 0.5) is 0 Å². The summed E-state index contributed by atoms with van der Waals surface area (Å²) in [5.41, 5.74) is 0.396. The van der Waals surface area contributed by atoms with Crippen LogP contribution in [0.3, 0.4) is 0 Å². The van der Waals surface area contributed by atoms with Crippen molar-refractivity contribution in [3.8, 4) is 0 Å². The maximum Gasteiger partial charge on any atom is 0.251 e. The number of carbonyl (C=O) groups excluding carboxylic acids is 2. The van der Waals surface area contributed by atoms with Crippen LogP contribution in [0, 0.1) is 0 Å². The van der Waals surface area contributed by atoms with Gasteiger partial charge in [-0.2, -0.15) is 0 Å². The molecule has 1 aliphatic heterocycles. The van der Waals surface area contributed by atoms with E-state index in [2.05, 4.69) is 16.0 Å². The van der Waals surface area contributed by atoms with Crippen molar-refractivity contribution in [2.24, 2.45) is 0 Å². The first-order valence-corrected chi connectivity index (χ1v) is 6.94. The summed E-state index contributed by atoms with van der Waals surface area (Å²) in [6.45, 7) is 3.88. The third-order valence-electron chi connectivity index (χ3n) is 3.59. The van der Waals surface area contributed by atoms with Crippen molar-refractivity contribution in [1.29, 1.82) is 0 Å². The van der Waals surface area contributed by atoms with Crippen LogP contribution in [0.2, 0.25) is 0 Å². The first-order valence-electron chi connectivity index (χ1n) is 6.94. The van der Waals surface area contributed by atoms with Crippen LogP contribution in [0.15, 0.2) is 30.3 Å². The summed E-state index contributed by atoms with van der Waals surface area (Å²) < 4.78 is 0. The standard InChI is InChI=1S/C15H21N3O2/c1-15(7-9-16-10-8-15)18-13(19)11-17-14(20)12-5-3-2-4-6-12/h2-6,16H,7-11H2,1H3,(H,17,20)(H,18,19). The first kappa shape index (κ1) is 14.5. The molecule has 0 aliphatic carbocycles. The highest BCUT2D eigenvalue weighted by atomic mass is 16.2. The molecule has 1 aliphatic rings. The molecule has 0 spiro atoms. The molecule has 2 rings (SSSR count). The molecular weight excluding hydrogens is 254 g/mol. The minimum atomic E-state index is -0.226. The van der Waals surface area contributed by atoms with E-state index in [9.17, 15) is 9.59 Å². The lowest BCUT2D eigenvalue weighted by Gasteiger charge is -2.35. The summed E-state index contributed by atoms with van der Waals surface area (Å²) in [7, 11) is 0. The van der Waals surface area contributed by atoms with Crippen molar-refractivity contribution < 1.29 is 9.59 Å². The quantitative estimate of drug-likeness (QED) is 0.756. The molecular formula is C15H21N3O2. The minimum Gasteiger partial charge on any atom is -0.349 e. The van der Waals surface area contributed by atoms with Gasteiger partial charge in [-0.05, 0) is 45.0 Å². The van der Waals surface area contributed by atoms with E-state index in [4.69, 9.17) is 0 Å². The van der Waals surface area contributed by atoms with Gasteiger partial charge in [-0.1, -0.05) is 18.2 Å². The zero-order chi connectivity index (χ0) is 14.4. The lowest BCUT2D eigenvalue weighted by Crippen LogP contribution is -2.54. The number of nitrogens with one attached hydrogen (secondary N) is 3. The Hall–Kier alpha value is -1.88. The first-order chi connectivity index (χ1) is 9.59. The normalized spacial score (nSPS) is 17.2. The molecule has 3 N–H and O–H groups in total. The highest BCUT2D eigenvalue weighted by Crippen LogP contribution is 2.16. The zero-order valence-electron chi connectivity index (χ0n) is 11.7. The van der Waals surface area contributed by atoms with Gasteiger partial charge in [0, 0.05) is 11.1 Å². The summed E-state index contributed by atoms with van der Waals surface area (Å²) in [6, 6.07) is 8.89. The molecule has 20 heavy (non-hydrogen) atoms. The SMILES string of the molecule is CC1(NC(=O)CNC(=O)c2ccccc2)CCNCC1. The van der Waals surface area contributed by atoms with Crippen LogP contribution in [-0.4, -0.2) is 37.0 Å². The van der Waals surface area contributed by atoms with Crippen LogP contribution >= 0.6 is 0 Å².